The lowest BCUT2D eigenvalue weighted by atomic mass is 10.1. The van der Waals surface area contributed by atoms with E-state index in [4.69, 9.17) is 11.6 Å². The number of hydrogen-bond donors (Lipinski definition) is 2. The SMILES string of the molecule is CC(O)CNC(=O)c1nccc2c1CN(Cc1cnc(OCC(F)(F)F)c(Cl)c1)C2=O. The predicted octanol–water partition coefficient (Wildman–Crippen LogP) is 2.34. The van der Waals surface area contributed by atoms with Gasteiger partial charge in [0.05, 0.1) is 6.10 Å². The van der Waals surface area contributed by atoms with Crippen LogP contribution in [0.4, 0.5) is 13.2 Å². The van der Waals surface area contributed by atoms with Crippen LogP contribution in [0.25, 0.3) is 0 Å². The Kier molecular flexibility index (Phi) is 6.65. The number of nitrogens with one attached hydrogen (secondary N) is 1. The lowest BCUT2D eigenvalue weighted by molar-refractivity contribution is -0.154. The number of nitrogens with zero attached hydrogens (tertiary/aromatic N) is 3. The highest BCUT2D eigenvalue weighted by Crippen LogP contribution is 2.29. The number of aromatic nitrogens is 2. The van der Waals surface area contributed by atoms with Crippen LogP contribution in [0.3, 0.4) is 0 Å². The molecule has 31 heavy (non-hydrogen) atoms. The summed E-state index contributed by atoms with van der Waals surface area (Å²) in [5, 5.41) is 11.7. The Labute approximate surface area is 180 Å². The smallest absolute Gasteiger partial charge is 0.422 e. The molecule has 1 unspecified atom stereocenters. The number of carbonyl (C=O) groups is 2. The molecule has 0 saturated heterocycles. The molecule has 8 nitrogen and oxygen atoms in total. The minimum atomic E-state index is -4.52. The fraction of sp³-hybridized carbons (Fsp3) is 0.368. The predicted molar refractivity (Wildman–Crippen MR) is 103 cm³/mol. The van der Waals surface area contributed by atoms with Crippen molar-refractivity contribution >= 4 is 23.4 Å². The van der Waals surface area contributed by atoms with Gasteiger partial charge in [-0.25, -0.2) is 4.98 Å². The highest BCUT2D eigenvalue weighted by molar-refractivity contribution is 6.31. The minimum Gasteiger partial charge on any atom is -0.467 e. The van der Waals surface area contributed by atoms with E-state index in [1.54, 1.807) is 0 Å². The molecule has 3 rings (SSSR count). The Morgan fingerprint density at radius 2 is 2.16 bits per heavy atom. The molecule has 3 heterocycles. The van der Waals surface area contributed by atoms with Crippen LogP contribution in [0.5, 0.6) is 5.88 Å². The maximum atomic E-state index is 12.7. The minimum absolute atomic E-state index is 0.0365. The van der Waals surface area contributed by atoms with E-state index in [1.807, 2.05) is 0 Å². The maximum Gasteiger partial charge on any atom is 0.422 e. The highest BCUT2D eigenvalue weighted by Gasteiger charge is 2.32. The number of aliphatic hydroxyl groups excluding tert-OH is 1. The first-order valence-corrected chi connectivity index (χ1v) is 9.50. The molecule has 0 spiro atoms. The number of hydrogen-bond acceptors (Lipinski definition) is 6. The van der Waals surface area contributed by atoms with E-state index in [9.17, 15) is 27.9 Å². The molecular formula is C19H18ClF3N4O4. The van der Waals surface area contributed by atoms with E-state index >= 15 is 0 Å². The number of halogens is 4. The molecule has 0 saturated carbocycles. The van der Waals surface area contributed by atoms with Crippen molar-refractivity contribution in [1.29, 1.82) is 0 Å². The number of rotatable bonds is 7. The number of carbonyl (C=O) groups excluding carboxylic acids is 2. The Morgan fingerprint density at radius 1 is 1.42 bits per heavy atom. The van der Waals surface area contributed by atoms with Gasteiger partial charge in [-0.1, -0.05) is 11.6 Å². The quantitative estimate of drug-likeness (QED) is 0.660. The van der Waals surface area contributed by atoms with E-state index in [2.05, 4.69) is 20.0 Å². The summed E-state index contributed by atoms with van der Waals surface area (Å²) in [4.78, 5) is 34.4. The summed E-state index contributed by atoms with van der Waals surface area (Å²) in [6.45, 7) is 0.200. The van der Waals surface area contributed by atoms with E-state index in [0.29, 0.717) is 16.7 Å². The Morgan fingerprint density at radius 3 is 2.81 bits per heavy atom. The molecule has 0 aromatic carbocycles. The lowest BCUT2D eigenvalue weighted by Crippen LogP contribution is -2.32. The average Bonchev–Trinajstić information content (AvgIpc) is 3.00. The fourth-order valence-corrected chi connectivity index (χ4v) is 3.21. The largest absolute Gasteiger partial charge is 0.467 e. The number of aliphatic hydroxyl groups is 1. The molecule has 0 radical (unpaired) electrons. The molecule has 2 N–H and O–H groups in total. The summed E-state index contributed by atoms with van der Waals surface area (Å²) in [6, 6.07) is 2.87. The molecule has 0 aliphatic carbocycles. The molecular weight excluding hydrogens is 441 g/mol. The summed E-state index contributed by atoms with van der Waals surface area (Å²) in [6.07, 6.45) is -2.64. The van der Waals surface area contributed by atoms with E-state index in [1.165, 1.54) is 36.4 Å². The normalized spacial score (nSPS) is 14.4. The second-order valence-corrected chi connectivity index (χ2v) is 7.35. The van der Waals surface area contributed by atoms with Gasteiger partial charge >= 0.3 is 6.18 Å². The van der Waals surface area contributed by atoms with Gasteiger partial charge in [-0.2, -0.15) is 13.2 Å². The summed E-state index contributed by atoms with van der Waals surface area (Å²) in [7, 11) is 0. The van der Waals surface area contributed by atoms with Gasteiger partial charge in [0.15, 0.2) is 6.61 Å². The van der Waals surface area contributed by atoms with Gasteiger partial charge in [0.1, 0.15) is 10.7 Å². The molecule has 2 amide bonds. The molecule has 2 aromatic heterocycles. The second-order valence-electron chi connectivity index (χ2n) is 6.94. The van der Waals surface area contributed by atoms with Gasteiger partial charge in [0.25, 0.3) is 11.8 Å². The summed E-state index contributed by atoms with van der Waals surface area (Å²) < 4.78 is 41.4. The van der Waals surface area contributed by atoms with Crippen LogP contribution >= 0.6 is 11.6 Å². The van der Waals surface area contributed by atoms with E-state index in [0.717, 1.165) is 0 Å². The number of pyridine rings is 2. The zero-order chi connectivity index (χ0) is 22.8. The first-order chi connectivity index (χ1) is 14.5. The molecule has 0 fully saturated rings. The number of ether oxygens (including phenoxy) is 1. The van der Waals surface area contributed by atoms with Crippen molar-refractivity contribution in [2.24, 2.45) is 0 Å². The lowest BCUT2D eigenvalue weighted by Gasteiger charge is -2.16. The molecule has 1 aliphatic rings. The topological polar surface area (TPSA) is 105 Å². The monoisotopic (exact) mass is 458 g/mol. The number of amides is 2. The molecule has 2 aromatic rings. The van der Waals surface area contributed by atoms with Crippen LogP contribution < -0.4 is 10.1 Å². The number of fused-ring (bicyclic) bond motifs is 1. The molecule has 166 valence electrons. The van der Waals surface area contributed by atoms with Gasteiger partial charge in [-0.05, 0) is 24.6 Å². The van der Waals surface area contributed by atoms with Crippen LogP contribution in [-0.4, -0.2) is 57.2 Å². The summed E-state index contributed by atoms with van der Waals surface area (Å²) in [5.74, 6) is -1.21. The summed E-state index contributed by atoms with van der Waals surface area (Å²) in [5.41, 5.74) is 1.32. The van der Waals surface area contributed by atoms with Crippen molar-refractivity contribution in [3.05, 3.63) is 51.9 Å². The second kappa shape index (κ2) is 9.06. The van der Waals surface area contributed by atoms with Crippen LogP contribution in [0.1, 0.15) is 38.9 Å². The van der Waals surface area contributed by atoms with Crippen LogP contribution in [0, 0.1) is 0 Å². The zero-order valence-corrected chi connectivity index (χ0v) is 17.0. The maximum absolute atomic E-state index is 12.7. The van der Waals surface area contributed by atoms with Crippen molar-refractivity contribution in [3.63, 3.8) is 0 Å². The standard InChI is InChI=1S/C19H18ClF3N4O4/c1-10(28)5-25-16(29)15-13-8-27(18(30)12(13)2-3-24-15)7-11-4-14(20)17(26-6-11)31-9-19(21,22)23/h2-4,6,10,28H,5,7-9H2,1H3,(H,25,29). The average molecular weight is 459 g/mol. The van der Waals surface area contributed by atoms with Crippen LogP contribution in [0.15, 0.2) is 24.5 Å². The van der Waals surface area contributed by atoms with Crippen molar-refractivity contribution in [2.45, 2.75) is 32.3 Å². The Balaban J connectivity index is 1.72. The molecule has 1 atom stereocenters. The summed E-state index contributed by atoms with van der Waals surface area (Å²) >= 11 is 5.95. The van der Waals surface area contributed by atoms with Gasteiger partial charge in [-0.3, -0.25) is 14.6 Å². The third kappa shape index (κ3) is 5.61. The third-order valence-corrected chi connectivity index (χ3v) is 4.58. The Hall–Kier alpha value is -2.92. The van der Waals surface area contributed by atoms with Gasteiger partial charge in [-0.15, -0.1) is 0 Å². The van der Waals surface area contributed by atoms with E-state index in [-0.39, 0.29) is 42.1 Å². The third-order valence-electron chi connectivity index (χ3n) is 4.31. The van der Waals surface area contributed by atoms with Crippen molar-refractivity contribution in [2.75, 3.05) is 13.2 Å². The van der Waals surface area contributed by atoms with Gasteiger partial charge < -0.3 is 20.1 Å². The van der Waals surface area contributed by atoms with E-state index < -0.39 is 24.8 Å². The Bertz CT molecular complexity index is 1000. The van der Waals surface area contributed by atoms with Crippen molar-refractivity contribution < 1.29 is 32.6 Å². The van der Waals surface area contributed by atoms with Crippen molar-refractivity contribution in [3.8, 4) is 5.88 Å². The highest BCUT2D eigenvalue weighted by atomic mass is 35.5. The zero-order valence-electron chi connectivity index (χ0n) is 16.2. The van der Waals surface area contributed by atoms with Gasteiger partial charge in [0, 0.05) is 43.2 Å². The fourth-order valence-electron chi connectivity index (χ4n) is 2.96. The number of alkyl halides is 3. The van der Waals surface area contributed by atoms with Crippen molar-refractivity contribution in [1.82, 2.24) is 20.2 Å². The van der Waals surface area contributed by atoms with Gasteiger partial charge in [0.2, 0.25) is 5.88 Å². The van der Waals surface area contributed by atoms with Crippen LogP contribution in [0.2, 0.25) is 5.02 Å². The molecule has 0 bridgehead atoms. The first kappa shape index (κ1) is 22.8. The molecule has 1 aliphatic heterocycles. The van der Waals surface area contributed by atoms with Crippen LogP contribution in [-0.2, 0) is 13.1 Å². The molecule has 12 heteroatoms. The first-order valence-electron chi connectivity index (χ1n) is 9.12.